The molecule has 11 rings (SSSR count). The normalized spacial score (nSPS) is 12.9. The molecular formula is C52H36N4OSi. The van der Waals surface area contributed by atoms with E-state index < -0.39 is 8.07 Å². The zero-order valence-corrected chi connectivity index (χ0v) is 32.5. The summed E-state index contributed by atoms with van der Waals surface area (Å²) in [5.41, 5.74) is 8.40. The molecule has 5 nitrogen and oxygen atoms in total. The second kappa shape index (κ2) is 13.9. The van der Waals surface area contributed by atoms with Gasteiger partial charge in [0.15, 0.2) is 8.07 Å². The molecule has 7 aromatic carbocycles. The Morgan fingerprint density at radius 3 is 1.86 bits per heavy atom. The minimum Gasteiger partial charge on any atom is -0.457 e. The molecule has 1 aliphatic rings. The lowest BCUT2D eigenvalue weighted by Gasteiger charge is -2.45. The molecule has 0 saturated carbocycles. The molecule has 10 aromatic rings. The van der Waals surface area contributed by atoms with Crippen molar-refractivity contribution in [2.45, 2.75) is 0 Å². The molecule has 4 heterocycles. The van der Waals surface area contributed by atoms with Crippen LogP contribution in [0, 0.1) is 0 Å². The van der Waals surface area contributed by atoms with Crippen molar-refractivity contribution in [3.05, 3.63) is 219 Å². The third kappa shape index (κ3) is 5.30. The molecule has 58 heavy (non-hydrogen) atoms. The maximum Gasteiger partial charge on any atom is 0.186 e. The summed E-state index contributed by atoms with van der Waals surface area (Å²) in [5, 5.41) is 7.56. The predicted octanol–water partition coefficient (Wildman–Crippen LogP) is 10.2. The molecule has 3 aromatic heterocycles. The molecule has 0 saturated heterocycles. The molecule has 0 bridgehead atoms. The van der Waals surface area contributed by atoms with E-state index in [4.69, 9.17) is 9.72 Å². The monoisotopic (exact) mass is 760 g/mol. The number of fused-ring (bicyclic) bond motifs is 6. The van der Waals surface area contributed by atoms with Gasteiger partial charge < -0.3 is 9.64 Å². The number of aromatic nitrogens is 3. The summed E-state index contributed by atoms with van der Waals surface area (Å²) in [6, 6.07) is 73.6. The first-order chi connectivity index (χ1) is 28.8. The highest BCUT2D eigenvalue weighted by molar-refractivity contribution is 7.22. The first-order valence-corrected chi connectivity index (χ1v) is 21.6. The fraction of sp³-hybridized carbons (Fsp3) is 0. The van der Waals surface area contributed by atoms with Crippen LogP contribution in [-0.2, 0) is 0 Å². The summed E-state index contributed by atoms with van der Waals surface area (Å²) < 4.78 is 9.04. The molecule has 0 aliphatic carbocycles. The highest BCUT2D eigenvalue weighted by atomic mass is 28.3. The molecule has 0 amide bonds. The van der Waals surface area contributed by atoms with E-state index in [1.165, 1.54) is 32.1 Å². The van der Waals surface area contributed by atoms with Gasteiger partial charge >= 0.3 is 0 Å². The quantitative estimate of drug-likeness (QED) is 0.152. The van der Waals surface area contributed by atoms with E-state index in [0.29, 0.717) is 0 Å². The Morgan fingerprint density at radius 1 is 0.448 bits per heavy atom. The maximum absolute atomic E-state index is 6.66. The number of ether oxygens (including phenoxy) is 1. The highest BCUT2D eigenvalue weighted by Gasteiger charge is 2.50. The van der Waals surface area contributed by atoms with Gasteiger partial charge in [0, 0.05) is 57.0 Å². The minimum absolute atomic E-state index is 0.734. The Morgan fingerprint density at radius 2 is 1.10 bits per heavy atom. The summed E-state index contributed by atoms with van der Waals surface area (Å²) >= 11 is 0. The zero-order chi connectivity index (χ0) is 38.5. The van der Waals surface area contributed by atoms with Gasteiger partial charge in [0.25, 0.3) is 0 Å². The van der Waals surface area contributed by atoms with Crippen LogP contribution in [0.15, 0.2) is 219 Å². The van der Waals surface area contributed by atoms with Crippen LogP contribution in [0.1, 0.15) is 0 Å². The molecule has 6 heteroatoms. The van der Waals surface area contributed by atoms with Crippen molar-refractivity contribution in [1.82, 2.24) is 14.5 Å². The van der Waals surface area contributed by atoms with E-state index in [1.54, 1.807) is 0 Å². The van der Waals surface area contributed by atoms with Crippen molar-refractivity contribution < 1.29 is 4.74 Å². The molecule has 0 atom stereocenters. The first-order valence-electron chi connectivity index (χ1n) is 19.6. The number of hydrogen-bond acceptors (Lipinski definition) is 4. The van der Waals surface area contributed by atoms with Crippen LogP contribution in [0.25, 0.3) is 38.9 Å². The number of hydrogen-bond donors (Lipinski definition) is 0. The molecule has 0 unspecified atom stereocenters. The smallest absolute Gasteiger partial charge is 0.186 e. The number of nitrogens with zero attached hydrogens (tertiary/aromatic N) is 4. The van der Waals surface area contributed by atoms with Gasteiger partial charge in [0.1, 0.15) is 17.1 Å². The lowest BCUT2D eigenvalue weighted by atomic mass is 10.1. The zero-order valence-electron chi connectivity index (χ0n) is 31.5. The van der Waals surface area contributed by atoms with E-state index in [-0.39, 0.29) is 0 Å². The summed E-state index contributed by atoms with van der Waals surface area (Å²) in [6.45, 7) is 0. The van der Waals surface area contributed by atoms with Crippen molar-refractivity contribution in [1.29, 1.82) is 0 Å². The average Bonchev–Trinajstić information content (AvgIpc) is 3.64. The topological polar surface area (TPSA) is 43.2 Å². The van der Waals surface area contributed by atoms with Gasteiger partial charge in [0.2, 0.25) is 0 Å². The Labute approximate surface area is 337 Å². The lowest BCUT2D eigenvalue weighted by Crippen LogP contribution is -2.77. The molecule has 1 aliphatic heterocycles. The molecule has 0 fully saturated rings. The van der Waals surface area contributed by atoms with E-state index in [9.17, 15) is 0 Å². The molecule has 0 radical (unpaired) electrons. The van der Waals surface area contributed by atoms with E-state index >= 15 is 0 Å². The number of anilines is 3. The summed E-state index contributed by atoms with van der Waals surface area (Å²) in [4.78, 5) is 12.2. The van der Waals surface area contributed by atoms with Crippen molar-refractivity contribution in [2.24, 2.45) is 0 Å². The number of para-hydroxylation sites is 2. The highest BCUT2D eigenvalue weighted by Crippen LogP contribution is 2.42. The Hall–Kier alpha value is -7.54. The Kier molecular flexibility index (Phi) is 8.08. The van der Waals surface area contributed by atoms with Crippen LogP contribution in [0.2, 0.25) is 0 Å². The van der Waals surface area contributed by atoms with Crippen molar-refractivity contribution >= 4 is 67.8 Å². The lowest BCUT2D eigenvalue weighted by molar-refractivity contribution is 0.482. The van der Waals surface area contributed by atoms with Crippen molar-refractivity contribution in [2.75, 3.05) is 4.90 Å². The molecule has 0 N–H and O–H groups in total. The maximum atomic E-state index is 6.66. The van der Waals surface area contributed by atoms with Gasteiger partial charge in [0.05, 0.1) is 16.9 Å². The average molecular weight is 761 g/mol. The van der Waals surface area contributed by atoms with Crippen molar-refractivity contribution in [3.8, 4) is 28.4 Å². The summed E-state index contributed by atoms with van der Waals surface area (Å²) in [5.74, 6) is 1.48. The van der Waals surface area contributed by atoms with Crippen molar-refractivity contribution in [3.63, 3.8) is 0 Å². The van der Waals surface area contributed by atoms with Crippen LogP contribution >= 0.6 is 0 Å². The van der Waals surface area contributed by atoms with E-state index in [2.05, 4.69) is 172 Å². The van der Waals surface area contributed by atoms with Gasteiger partial charge in [-0.15, -0.1) is 0 Å². The van der Waals surface area contributed by atoms with Gasteiger partial charge in [-0.1, -0.05) is 127 Å². The van der Waals surface area contributed by atoms with Crippen LogP contribution in [0.4, 0.5) is 17.1 Å². The SMILES string of the molecule is c1ccc(N2c3ccccc3[Si](c3ccccc3)(c3ccccc3)c3c2ccc2c4cccnc4n(-c4cccc(Oc5cccc(-c6ccccn6)c5)c4)c32)cc1. The van der Waals surface area contributed by atoms with Gasteiger partial charge in [-0.25, -0.2) is 4.98 Å². The second-order valence-electron chi connectivity index (χ2n) is 14.6. The number of rotatable bonds is 7. The molecule has 274 valence electrons. The second-order valence-corrected chi connectivity index (χ2v) is 18.3. The fourth-order valence-electron chi connectivity index (χ4n) is 9.05. The molecule has 0 spiro atoms. The predicted molar refractivity (Wildman–Crippen MR) is 240 cm³/mol. The minimum atomic E-state index is -3.08. The largest absolute Gasteiger partial charge is 0.457 e. The Balaban J connectivity index is 1.23. The van der Waals surface area contributed by atoms with Gasteiger partial charge in [-0.3, -0.25) is 9.55 Å². The third-order valence-electron chi connectivity index (χ3n) is 11.4. The third-order valence-corrected chi connectivity index (χ3v) is 16.2. The van der Waals surface area contributed by atoms with Crippen LogP contribution in [0.5, 0.6) is 11.5 Å². The Bertz CT molecular complexity index is 3060. The van der Waals surface area contributed by atoms with Gasteiger partial charge in [-0.05, 0) is 88.4 Å². The summed E-state index contributed by atoms with van der Waals surface area (Å²) in [6.07, 6.45) is 3.72. The van der Waals surface area contributed by atoms with Crippen LogP contribution < -0.4 is 30.4 Å². The van der Waals surface area contributed by atoms with Gasteiger partial charge in [-0.2, -0.15) is 0 Å². The van der Waals surface area contributed by atoms with Crippen LogP contribution in [0.3, 0.4) is 0 Å². The first kappa shape index (κ1) is 33.8. The van der Waals surface area contributed by atoms with E-state index in [0.717, 1.165) is 56.1 Å². The fourth-order valence-corrected chi connectivity index (χ4v) is 14.3. The summed E-state index contributed by atoms with van der Waals surface area (Å²) in [7, 11) is -3.08. The molecular weight excluding hydrogens is 725 g/mol. The standard InChI is InChI=1S/C52H36N4OSi/c1-4-18-38(19-5-1)55-47-29-10-11-30-49(47)58(42-23-6-2-7-24-42,43-25-8-3-9-26-43)51-48(55)32-31-44-45-27-16-34-54-52(45)56(50(44)51)39-20-15-22-41(36-39)57-40-21-14-17-37(35-40)46-28-12-13-33-53-46/h1-36H. The number of pyridine rings is 2. The van der Waals surface area contributed by atoms with E-state index in [1.807, 2.05) is 60.9 Å². The number of benzene rings is 7. The van der Waals surface area contributed by atoms with Crippen LogP contribution in [-0.4, -0.2) is 22.6 Å².